The van der Waals surface area contributed by atoms with Crippen molar-refractivity contribution in [1.82, 2.24) is 19.9 Å². The van der Waals surface area contributed by atoms with Crippen LogP contribution in [0.2, 0.25) is 0 Å². The molecule has 0 atom stereocenters. The minimum atomic E-state index is -0.382. The molecule has 1 saturated carbocycles. The molecule has 4 rings (SSSR count). The van der Waals surface area contributed by atoms with Gasteiger partial charge in [-0.2, -0.15) is 10.4 Å². The van der Waals surface area contributed by atoms with E-state index < -0.39 is 0 Å². The highest BCUT2D eigenvalue weighted by Crippen LogP contribution is 2.34. The van der Waals surface area contributed by atoms with E-state index in [1.165, 1.54) is 12.7 Å². The fourth-order valence-corrected chi connectivity index (χ4v) is 3.99. The zero-order valence-electron chi connectivity index (χ0n) is 17.9. The number of amides is 1. The minimum absolute atomic E-state index is 0.335. The predicted octanol–water partition coefficient (Wildman–Crippen LogP) is 3.94. The third-order valence-electron chi connectivity index (χ3n) is 5.76. The van der Waals surface area contributed by atoms with Gasteiger partial charge >= 0.3 is 6.09 Å². The number of nitrogens with one attached hydrogen (secondary N) is 2. The van der Waals surface area contributed by atoms with Crippen LogP contribution >= 0.6 is 0 Å². The molecule has 1 aliphatic rings. The van der Waals surface area contributed by atoms with E-state index in [2.05, 4.69) is 46.5 Å². The van der Waals surface area contributed by atoms with Crippen LogP contribution in [0.15, 0.2) is 36.7 Å². The molecule has 0 radical (unpaired) electrons. The van der Waals surface area contributed by atoms with Gasteiger partial charge in [0.25, 0.3) is 0 Å². The Morgan fingerprint density at radius 2 is 2.13 bits per heavy atom. The highest BCUT2D eigenvalue weighted by Gasteiger charge is 2.30. The molecular weight excluding hydrogens is 392 g/mol. The number of carbonyl (C=O) groups is 1. The third kappa shape index (κ3) is 4.31. The lowest BCUT2D eigenvalue weighted by atomic mass is 9.80. The van der Waals surface area contributed by atoms with Crippen molar-refractivity contribution in [2.45, 2.75) is 38.6 Å². The Bertz CT molecular complexity index is 1140. The molecule has 8 heteroatoms. The van der Waals surface area contributed by atoms with E-state index >= 15 is 0 Å². The summed E-state index contributed by atoms with van der Waals surface area (Å²) in [6.45, 7) is 4.95. The number of fused-ring (bicyclic) bond motifs is 1. The van der Waals surface area contributed by atoms with Crippen molar-refractivity contribution in [3.05, 3.63) is 47.8 Å². The van der Waals surface area contributed by atoms with Gasteiger partial charge in [0.1, 0.15) is 6.07 Å². The van der Waals surface area contributed by atoms with Gasteiger partial charge in [-0.3, -0.25) is 4.98 Å². The number of rotatable bonds is 6. The number of hydrogen-bond acceptors (Lipinski definition) is 6. The van der Waals surface area contributed by atoms with Gasteiger partial charge in [-0.05, 0) is 54.5 Å². The second kappa shape index (κ2) is 8.64. The van der Waals surface area contributed by atoms with Crippen LogP contribution in [0, 0.1) is 17.2 Å². The van der Waals surface area contributed by atoms with Crippen LogP contribution in [0.3, 0.4) is 0 Å². The van der Waals surface area contributed by atoms with E-state index in [4.69, 9.17) is 10.2 Å². The second-order valence-corrected chi connectivity index (χ2v) is 8.27. The average Bonchev–Trinajstić information content (AvgIpc) is 3.17. The van der Waals surface area contributed by atoms with E-state index in [9.17, 15) is 4.79 Å². The van der Waals surface area contributed by atoms with Crippen molar-refractivity contribution in [2.24, 2.45) is 5.92 Å². The van der Waals surface area contributed by atoms with Crippen molar-refractivity contribution < 1.29 is 9.53 Å². The van der Waals surface area contributed by atoms with Gasteiger partial charge in [-0.25, -0.2) is 9.31 Å². The molecule has 0 bridgehead atoms. The van der Waals surface area contributed by atoms with Crippen LogP contribution in [-0.4, -0.2) is 40.4 Å². The number of ether oxygens (including phenoxy) is 1. The number of pyridine rings is 1. The summed E-state index contributed by atoms with van der Waals surface area (Å²) in [5.74, 6) is 0.787. The summed E-state index contributed by atoms with van der Waals surface area (Å²) < 4.78 is 6.44. The van der Waals surface area contributed by atoms with E-state index in [0.717, 1.165) is 35.4 Å². The molecule has 31 heavy (non-hydrogen) atoms. The first-order valence-corrected chi connectivity index (χ1v) is 10.4. The first-order valence-electron chi connectivity index (χ1n) is 10.4. The molecule has 0 aliphatic heterocycles. The number of alkyl carbamates (subject to hydrolysis) is 1. The van der Waals surface area contributed by atoms with Gasteiger partial charge in [-0.1, -0.05) is 13.8 Å². The average molecular weight is 419 g/mol. The lowest BCUT2D eigenvalue weighted by Crippen LogP contribution is -2.42. The van der Waals surface area contributed by atoms with Gasteiger partial charge in [0.05, 0.1) is 35.8 Å². The highest BCUT2D eigenvalue weighted by atomic mass is 16.5. The third-order valence-corrected chi connectivity index (χ3v) is 5.76. The lowest BCUT2D eigenvalue weighted by Gasteiger charge is -2.37. The summed E-state index contributed by atoms with van der Waals surface area (Å²) in [6, 6.07) is 10.3. The Balaban J connectivity index is 1.53. The maximum atomic E-state index is 11.2. The largest absolute Gasteiger partial charge is 0.453 e. The summed E-state index contributed by atoms with van der Waals surface area (Å²) in [6.07, 6.45) is 5.10. The number of aromatic nitrogens is 3. The molecule has 3 heterocycles. The molecule has 1 fully saturated rings. The molecule has 3 aromatic heterocycles. The van der Waals surface area contributed by atoms with Gasteiger partial charge in [0, 0.05) is 24.5 Å². The van der Waals surface area contributed by atoms with Gasteiger partial charge < -0.3 is 15.4 Å². The number of nitriles is 1. The summed E-state index contributed by atoms with van der Waals surface area (Å²) >= 11 is 0. The van der Waals surface area contributed by atoms with E-state index in [0.29, 0.717) is 30.0 Å². The maximum absolute atomic E-state index is 11.2. The van der Waals surface area contributed by atoms with Crippen molar-refractivity contribution in [3.8, 4) is 17.5 Å². The number of hydrogen-bond donors (Lipinski definition) is 2. The molecule has 1 aliphatic carbocycles. The normalized spacial score (nSPS) is 17.8. The molecule has 160 valence electrons. The smallest absolute Gasteiger partial charge is 0.406 e. The second-order valence-electron chi connectivity index (χ2n) is 8.27. The molecular formula is C23H26N6O2. The maximum Gasteiger partial charge on any atom is 0.406 e. The van der Waals surface area contributed by atoms with Crippen LogP contribution in [0.1, 0.15) is 43.7 Å². The standard InChI is InChI=1S/C23H26N6O2/c1-14(2)19-13-25-21(22-5-4-18-8-16(10-24)12-27-29(18)22)9-20(19)28-17-6-15(7-17)11-26-23(30)31-3/h4-5,8-9,12-15,17H,6-7,11H2,1-3H3,(H,25,28)(H,26,30). The van der Waals surface area contributed by atoms with Crippen molar-refractivity contribution in [1.29, 1.82) is 5.26 Å². The zero-order valence-corrected chi connectivity index (χ0v) is 17.9. The number of anilines is 1. The lowest BCUT2D eigenvalue weighted by molar-refractivity contribution is 0.164. The Morgan fingerprint density at radius 1 is 1.32 bits per heavy atom. The molecule has 0 saturated heterocycles. The van der Waals surface area contributed by atoms with Crippen LogP contribution in [0.4, 0.5) is 10.5 Å². The van der Waals surface area contributed by atoms with Crippen LogP contribution in [-0.2, 0) is 4.74 Å². The number of methoxy groups -OCH3 is 1. The summed E-state index contributed by atoms with van der Waals surface area (Å²) in [5, 5.41) is 19.9. The molecule has 2 N–H and O–H groups in total. The van der Waals surface area contributed by atoms with Crippen molar-refractivity contribution in [2.75, 3.05) is 19.0 Å². The van der Waals surface area contributed by atoms with Gasteiger partial charge in [-0.15, -0.1) is 0 Å². The zero-order chi connectivity index (χ0) is 22.0. The molecule has 3 aromatic rings. The molecule has 0 aromatic carbocycles. The Labute approximate surface area is 181 Å². The quantitative estimate of drug-likeness (QED) is 0.628. The fraction of sp³-hybridized carbons (Fsp3) is 0.391. The van der Waals surface area contributed by atoms with E-state index in [1.807, 2.05) is 24.4 Å². The number of nitrogens with zero attached hydrogens (tertiary/aromatic N) is 4. The highest BCUT2D eigenvalue weighted by molar-refractivity contribution is 5.69. The van der Waals surface area contributed by atoms with E-state index in [-0.39, 0.29) is 6.09 Å². The number of carbonyl (C=O) groups excluding carboxylic acids is 1. The molecule has 1 amide bonds. The summed E-state index contributed by atoms with van der Waals surface area (Å²) in [4.78, 5) is 15.9. The Hall–Kier alpha value is -3.60. The Kier molecular flexibility index (Phi) is 5.76. The van der Waals surface area contributed by atoms with Crippen LogP contribution in [0.25, 0.3) is 16.9 Å². The Morgan fingerprint density at radius 3 is 2.84 bits per heavy atom. The molecule has 0 unspecified atom stereocenters. The fourth-order valence-electron chi connectivity index (χ4n) is 3.99. The monoisotopic (exact) mass is 418 g/mol. The topological polar surface area (TPSA) is 104 Å². The van der Waals surface area contributed by atoms with Crippen LogP contribution in [0.5, 0.6) is 0 Å². The van der Waals surface area contributed by atoms with Crippen molar-refractivity contribution >= 4 is 17.3 Å². The van der Waals surface area contributed by atoms with Crippen LogP contribution < -0.4 is 10.6 Å². The minimum Gasteiger partial charge on any atom is -0.453 e. The summed E-state index contributed by atoms with van der Waals surface area (Å²) in [5.41, 5.74) is 5.34. The van der Waals surface area contributed by atoms with Gasteiger partial charge in [0.2, 0.25) is 0 Å². The molecule has 8 nitrogen and oxygen atoms in total. The van der Waals surface area contributed by atoms with Crippen molar-refractivity contribution in [3.63, 3.8) is 0 Å². The van der Waals surface area contributed by atoms with Gasteiger partial charge in [0.15, 0.2) is 0 Å². The summed E-state index contributed by atoms with van der Waals surface area (Å²) in [7, 11) is 1.38. The first kappa shape index (κ1) is 20.7. The SMILES string of the molecule is COC(=O)NCC1CC(Nc2cc(-c3ccc4cc(C#N)cnn34)ncc2C(C)C)C1. The predicted molar refractivity (Wildman–Crippen MR) is 118 cm³/mol. The first-order chi connectivity index (χ1) is 15.0. The van der Waals surface area contributed by atoms with E-state index in [1.54, 1.807) is 10.7 Å². The molecule has 0 spiro atoms.